The van der Waals surface area contributed by atoms with Crippen LogP contribution in [0.25, 0.3) is 0 Å². The van der Waals surface area contributed by atoms with Gasteiger partial charge in [-0.05, 0) is 36.8 Å². The fraction of sp³-hybridized carbons (Fsp3) is 0.0625. The highest BCUT2D eigenvalue weighted by Gasteiger charge is 2.05. The third kappa shape index (κ3) is 4.09. The van der Waals surface area contributed by atoms with Crippen molar-refractivity contribution in [1.29, 1.82) is 0 Å². The zero-order chi connectivity index (χ0) is 16.2. The summed E-state index contributed by atoms with van der Waals surface area (Å²) in [5.74, 6) is 0.937. The predicted octanol–water partition coefficient (Wildman–Crippen LogP) is 4.97. The van der Waals surface area contributed by atoms with E-state index in [0.717, 1.165) is 11.3 Å². The van der Waals surface area contributed by atoms with Gasteiger partial charge >= 0.3 is 0 Å². The smallest absolute Gasteiger partial charge is 0.249 e. The van der Waals surface area contributed by atoms with Gasteiger partial charge in [0, 0.05) is 21.4 Å². The van der Waals surface area contributed by atoms with E-state index in [1.165, 1.54) is 0 Å². The van der Waals surface area contributed by atoms with Crippen LogP contribution < -0.4 is 10.6 Å². The van der Waals surface area contributed by atoms with E-state index in [2.05, 4.69) is 25.8 Å². The number of benzene rings is 2. The van der Waals surface area contributed by atoms with E-state index >= 15 is 0 Å². The lowest BCUT2D eigenvalue weighted by atomic mass is 10.2. The van der Waals surface area contributed by atoms with Crippen LogP contribution in [0.2, 0.25) is 10.0 Å². The van der Waals surface area contributed by atoms with Gasteiger partial charge in [-0.2, -0.15) is 10.1 Å². The number of aromatic nitrogens is 3. The molecule has 0 amide bonds. The minimum atomic E-state index is 0.349. The number of para-hydroxylation sites is 1. The monoisotopic (exact) mass is 345 g/mol. The minimum Gasteiger partial charge on any atom is -0.339 e. The topological polar surface area (TPSA) is 62.7 Å². The van der Waals surface area contributed by atoms with Crippen LogP contribution in [0.5, 0.6) is 0 Å². The van der Waals surface area contributed by atoms with Gasteiger partial charge in [0.05, 0.1) is 6.20 Å². The molecule has 3 rings (SSSR count). The normalized spacial score (nSPS) is 10.4. The third-order valence-corrected chi connectivity index (χ3v) is 3.52. The summed E-state index contributed by atoms with van der Waals surface area (Å²) in [5.41, 5.74) is 2.77. The Morgan fingerprint density at radius 1 is 0.957 bits per heavy atom. The number of rotatable bonds is 4. The summed E-state index contributed by atoms with van der Waals surface area (Å²) < 4.78 is 0. The first-order chi connectivity index (χ1) is 11.1. The molecular formula is C16H13Cl2N5. The summed E-state index contributed by atoms with van der Waals surface area (Å²) in [6, 6.07) is 13.1. The molecule has 3 aromatic rings. The summed E-state index contributed by atoms with van der Waals surface area (Å²) in [7, 11) is 0. The van der Waals surface area contributed by atoms with Gasteiger partial charge in [-0.25, -0.2) is 0 Å². The van der Waals surface area contributed by atoms with Gasteiger partial charge in [-0.3, -0.25) is 0 Å². The van der Waals surface area contributed by atoms with Crippen LogP contribution in [0.1, 0.15) is 5.56 Å². The molecule has 7 heteroatoms. The van der Waals surface area contributed by atoms with Crippen LogP contribution in [0.15, 0.2) is 48.7 Å². The summed E-state index contributed by atoms with van der Waals surface area (Å²) in [4.78, 5) is 4.38. The molecule has 0 bridgehead atoms. The maximum atomic E-state index is 5.98. The first kappa shape index (κ1) is 15.5. The molecule has 0 radical (unpaired) electrons. The molecule has 0 aliphatic heterocycles. The van der Waals surface area contributed by atoms with E-state index in [1.54, 1.807) is 24.4 Å². The Hall–Kier alpha value is -2.37. The van der Waals surface area contributed by atoms with Gasteiger partial charge in [0.15, 0.2) is 5.82 Å². The van der Waals surface area contributed by atoms with Crippen LogP contribution in [0.4, 0.5) is 23.1 Å². The number of aryl methyl sites for hydroxylation is 1. The van der Waals surface area contributed by atoms with Crippen molar-refractivity contribution in [3.63, 3.8) is 0 Å². The Labute approximate surface area is 143 Å². The Morgan fingerprint density at radius 2 is 1.70 bits per heavy atom. The average molecular weight is 346 g/mol. The fourth-order valence-corrected chi connectivity index (χ4v) is 2.55. The predicted molar refractivity (Wildman–Crippen MR) is 94.0 cm³/mol. The van der Waals surface area contributed by atoms with Crippen molar-refractivity contribution in [1.82, 2.24) is 15.2 Å². The first-order valence-corrected chi connectivity index (χ1v) is 7.61. The number of hydrogen-bond acceptors (Lipinski definition) is 5. The van der Waals surface area contributed by atoms with E-state index < -0.39 is 0 Å². The molecule has 2 N–H and O–H groups in total. The summed E-state index contributed by atoms with van der Waals surface area (Å²) >= 11 is 12.0. The van der Waals surface area contributed by atoms with Crippen LogP contribution in [-0.2, 0) is 0 Å². The molecule has 0 saturated carbocycles. The lowest BCUT2D eigenvalue weighted by Gasteiger charge is -2.10. The molecule has 0 saturated heterocycles. The van der Waals surface area contributed by atoms with Gasteiger partial charge in [0.1, 0.15) is 0 Å². The second kappa shape index (κ2) is 6.81. The van der Waals surface area contributed by atoms with E-state index in [1.807, 2.05) is 31.2 Å². The molecule has 0 spiro atoms. The highest BCUT2D eigenvalue weighted by Crippen LogP contribution is 2.24. The Balaban J connectivity index is 1.81. The Bertz CT molecular complexity index is 818. The minimum absolute atomic E-state index is 0.349. The third-order valence-electron chi connectivity index (χ3n) is 3.09. The lowest BCUT2D eigenvalue weighted by Crippen LogP contribution is -2.03. The number of hydrogen-bond donors (Lipinski definition) is 2. The SMILES string of the molecule is Cc1ccccc1Nc1cnnc(Nc2cc(Cl)cc(Cl)c2)n1. The Kier molecular flexibility index (Phi) is 4.60. The van der Waals surface area contributed by atoms with Crippen molar-refractivity contribution >= 4 is 46.3 Å². The molecule has 0 unspecified atom stereocenters. The molecule has 0 aliphatic rings. The second-order valence-corrected chi connectivity index (χ2v) is 5.76. The maximum Gasteiger partial charge on any atom is 0.249 e. The van der Waals surface area contributed by atoms with Crippen molar-refractivity contribution in [2.75, 3.05) is 10.6 Å². The van der Waals surface area contributed by atoms with Gasteiger partial charge in [-0.15, -0.1) is 5.10 Å². The quantitative estimate of drug-likeness (QED) is 0.698. The van der Waals surface area contributed by atoms with E-state index in [4.69, 9.17) is 23.2 Å². The summed E-state index contributed by atoms with van der Waals surface area (Å²) in [5, 5.41) is 15.2. The summed E-state index contributed by atoms with van der Waals surface area (Å²) in [6.07, 6.45) is 1.56. The number of nitrogens with one attached hydrogen (secondary N) is 2. The van der Waals surface area contributed by atoms with E-state index in [9.17, 15) is 0 Å². The number of nitrogens with zero attached hydrogens (tertiary/aromatic N) is 3. The van der Waals surface area contributed by atoms with Crippen LogP contribution in [0, 0.1) is 6.92 Å². The second-order valence-electron chi connectivity index (χ2n) is 4.89. The zero-order valence-electron chi connectivity index (χ0n) is 12.2. The number of anilines is 4. The molecule has 0 fully saturated rings. The lowest BCUT2D eigenvalue weighted by molar-refractivity contribution is 0.982. The van der Waals surface area contributed by atoms with E-state index in [-0.39, 0.29) is 0 Å². The van der Waals surface area contributed by atoms with Crippen molar-refractivity contribution in [2.24, 2.45) is 0 Å². The van der Waals surface area contributed by atoms with Crippen molar-refractivity contribution in [2.45, 2.75) is 6.92 Å². The standard InChI is InChI=1S/C16H13Cl2N5/c1-10-4-2-3-5-14(10)21-15-9-19-23-16(22-15)20-13-7-11(17)6-12(18)8-13/h2-9H,1H3,(H2,20,21,22,23). The molecule has 0 atom stereocenters. The van der Waals surface area contributed by atoms with Crippen molar-refractivity contribution < 1.29 is 0 Å². The van der Waals surface area contributed by atoms with Gasteiger partial charge in [0.25, 0.3) is 0 Å². The summed E-state index contributed by atoms with van der Waals surface area (Å²) in [6.45, 7) is 2.02. The van der Waals surface area contributed by atoms with Crippen molar-refractivity contribution in [3.8, 4) is 0 Å². The molecule has 5 nitrogen and oxygen atoms in total. The zero-order valence-corrected chi connectivity index (χ0v) is 13.7. The molecule has 1 aromatic heterocycles. The molecule has 23 heavy (non-hydrogen) atoms. The van der Waals surface area contributed by atoms with E-state index in [0.29, 0.717) is 27.5 Å². The number of halogens is 2. The Morgan fingerprint density at radius 3 is 2.43 bits per heavy atom. The average Bonchev–Trinajstić information content (AvgIpc) is 2.49. The molecule has 1 heterocycles. The van der Waals surface area contributed by atoms with Crippen LogP contribution in [0.3, 0.4) is 0 Å². The highest BCUT2D eigenvalue weighted by atomic mass is 35.5. The molecular weight excluding hydrogens is 333 g/mol. The molecule has 0 aliphatic carbocycles. The maximum absolute atomic E-state index is 5.98. The van der Waals surface area contributed by atoms with Gasteiger partial charge in [-0.1, -0.05) is 41.4 Å². The highest BCUT2D eigenvalue weighted by molar-refractivity contribution is 6.35. The fourth-order valence-electron chi connectivity index (χ4n) is 2.02. The molecule has 116 valence electrons. The molecule has 2 aromatic carbocycles. The van der Waals surface area contributed by atoms with Crippen LogP contribution >= 0.6 is 23.2 Å². The van der Waals surface area contributed by atoms with Crippen molar-refractivity contribution in [3.05, 3.63) is 64.3 Å². The van der Waals surface area contributed by atoms with Gasteiger partial charge < -0.3 is 10.6 Å². The first-order valence-electron chi connectivity index (χ1n) is 6.86. The van der Waals surface area contributed by atoms with Crippen LogP contribution in [-0.4, -0.2) is 15.2 Å². The van der Waals surface area contributed by atoms with Gasteiger partial charge in [0.2, 0.25) is 5.95 Å². The largest absolute Gasteiger partial charge is 0.339 e.